The summed E-state index contributed by atoms with van der Waals surface area (Å²) < 4.78 is 56.7. The Kier molecular flexibility index (Phi) is 6.28. The Morgan fingerprint density at radius 3 is 2.42 bits per heavy atom. The lowest BCUT2D eigenvalue weighted by molar-refractivity contribution is -0.300. The van der Waals surface area contributed by atoms with E-state index in [-0.39, 0.29) is 23.6 Å². The Bertz CT molecular complexity index is 1750. The summed E-state index contributed by atoms with van der Waals surface area (Å²) in [6, 6.07) is 10.3. The monoisotopic (exact) mass is 640 g/mol. The average Bonchev–Trinajstić information content (AvgIpc) is 3.54. The molecule has 2 aromatic carbocycles. The van der Waals surface area contributed by atoms with E-state index in [9.17, 15) is 22.8 Å². The number of fused-ring (bicyclic) bond motifs is 5. The van der Waals surface area contributed by atoms with Gasteiger partial charge in [-0.25, -0.2) is 4.79 Å². The summed E-state index contributed by atoms with van der Waals surface area (Å²) in [7, 11) is 0.306. The first-order chi connectivity index (χ1) is 21.3. The fraction of sp³-hybridized carbons (Fsp3) is 0.531. The zero-order valence-corrected chi connectivity index (χ0v) is 26.8. The molecule has 45 heavy (non-hydrogen) atoms. The Hall–Kier alpha value is -3.68. The number of ether oxygens (including phenoxy) is 4. The van der Waals surface area contributed by atoms with Crippen LogP contribution in [0.2, 0.25) is 0 Å². The third-order valence-corrected chi connectivity index (χ3v) is 12.2. The van der Waals surface area contributed by atoms with E-state index in [1.807, 2.05) is 36.9 Å². The van der Waals surface area contributed by atoms with Crippen molar-refractivity contribution in [1.82, 2.24) is 4.90 Å². The van der Waals surface area contributed by atoms with Gasteiger partial charge in [0.1, 0.15) is 12.4 Å². The Labute approximate surface area is 261 Å². The molecule has 3 saturated heterocycles. The Morgan fingerprint density at radius 1 is 1.09 bits per heavy atom. The van der Waals surface area contributed by atoms with E-state index in [2.05, 4.69) is 0 Å². The zero-order valence-electron chi connectivity index (χ0n) is 26.0. The van der Waals surface area contributed by atoms with Crippen LogP contribution in [0.1, 0.15) is 44.2 Å². The lowest BCUT2D eigenvalue weighted by Crippen LogP contribution is -2.82. The van der Waals surface area contributed by atoms with Gasteiger partial charge in [-0.1, -0.05) is 30.7 Å². The van der Waals surface area contributed by atoms with Crippen LogP contribution in [0.3, 0.4) is 0 Å². The van der Waals surface area contributed by atoms with Crippen LogP contribution in [0.25, 0.3) is 0 Å². The number of aryl methyl sites for hydroxylation is 1. The molecule has 7 atom stereocenters. The van der Waals surface area contributed by atoms with Gasteiger partial charge in [-0.3, -0.25) is 13.8 Å². The molecule has 1 saturated carbocycles. The number of rotatable bonds is 8. The van der Waals surface area contributed by atoms with Crippen LogP contribution in [0.4, 0.5) is 5.69 Å². The number of hydrogen-bond donors (Lipinski definition) is 0. The number of benzene rings is 2. The minimum absolute atomic E-state index is 0.0229. The second kappa shape index (κ2) is 9.43. The fourth-order valence-electron chi connectivity index (χ4n) is 9.55. The van der Waals surface area contributed by atoms with Crippen LogP contribution in [0.5, 0.6) is 5.75 Å². The van der Waals surface area contributed by atoms with Crippen LogP contribution in [-0.4, -0.2) is 88.6 Å². The van der Waals surface area contributed by atoms with Gasteiger partial charge in [0.25, 0.3) is 10.1 Å². The second-order valence-electron chi connectivity index (χ2n) is 12.9. The molecule has 0 N–H and O–H groups in total. The summed E-state index contributed by atoms with van der Waals surface area (Å²) >= 11 is 0. The number of esters is 2. The molecule has 12 nitrogen and oxygen atoms in total. The third-order valence-electron chi connectivity index (χ3n) is 10.9. The molecule has 7 rings (SSSR count). The molecule has 0 radical (unpaired) electrons. The van der Waals surface area contributed by atoms with Gasteiger partial charge in [0.05, 0.1) is 36.6 Å². The maximum Gasteiger partial charge on any atom is 0.344 e. The number of anilines is 1. The molecule has 1 spiro atoms. The number of methoxy groups -OCH3 is 2. The van der Waals surface area contributed by atoms with E-state index in [4.69, 9.17) is 23.1 Å². The van der Waals surface area contributed by atoms with Crippen LogP contribution in [-0.2, 0) is 48.3 Å². The number of amides is 1. The van der Waals surface area contributed by atoms with Crippen LogP contribution >= 0.6 is 0 Å². The van der Waals surface area contributed by atoms with Gasteiger partial charge >= 0.3 is 11.9 Å². The molecule has 1 amide bonds. The van der Waals surface area contributed by atoms with Gasteiger partial charge in [-0.2, -0.15) is 8.42 Å². The standard InChI is InChI=1S/C32H36N2O10S/c1-7-29-16-30(17-42-45(38,39)21-11-8-18(2)9-12-21)34-24(36)15-31(25(29)34)22-13-10-20(40-5)14-23(22)33(4)26(31)32(44-30,28(37)41-6)27(29)43-19(3)35/h8-14,25-27H,7,15-17H2,1-6H3/t25-,26+,27+,29+,30+,31-,32-/m0/s1. The van der Waals surface area contributed by atoms with Crippen LogP contribution in [0, 0.1) is 12.3 Å². The largest absolute Gasteiger partial charge is 0.497 e. The molecule has 2 aromatic rings. The molecular weight excluding hydrogens is 604 g/mol. The van der Waals surface area contributed by atoms with Gasteiger partial charge in [-0.05, 0) is 37.1 Å². The van der Waals surface area contributed by atoms with Gasteiger partial charge in [0.2, 0.25) is 11.5 Å². The number of likely N-dealkylation sites (N-methyl/N-ethyl adjacent to an activating group) is 1. The minimum atomic E-state index is -4.29. The maximum atomic E-state index is 14.4. The average molecular weight is 641 g/mol. The molecule has 3 bridgehead atoms. The van der Waals surface area contributed by atoms with Crippen molar-refractivity contribution in [2.75, 3.05) is 32.8 Å². The predicted octanol–water partition coefficient (Wildman–Crippen LogP) is 2.45. The van der Waals surface area contributed by atoms with E-state index < -0.39 is 69.0 Å². The van der Waals surface area contributed by atoms with Crippen molar-refractivity contribution in [2.24, 2.45) is 5.41 Å². The summed E-state index contributed by atoms with van der Waals surface area (Å²) in [6.45, 7) is 4.46. The maximum absolute atomic E-state index is 14.4. The SMILES string of the molecule is CC[C@]12C[C@]3(COS(=O)(=O)c4ccc(C)cc4)O[C@](C(=O)OC)([C@@H]1OC(C)=O)[C@@H]1N(C)c4cc(OC)ccc4[C@]14CC(=O)N3[C@@H]24. The highest BCUT2D eigenvalue weighted by atomic mass is 32.2. The van der Waals surface area contributed by atoms with Crippen molar-refractivity contribution in [3.8, 4) is 5.75 Å². The van der Waals surface area contributed by atoms with E-state index in [1.54, 1.807) is 31.2 Å². The van der Waals surface area contributed by atoms with Gasteiger partial charge < -0.3 is 28.7 Å². The Morgan fingerprint density at radius 2 is 1.80 bits per heavy atom. The lowest BCUT2D eigenvalue weighted by atomic mass is 9.47. The van der Waals surface area contributed by atoms with Crippen molar-refractivity contribution in [2.45, 2.75) is 79.9 Å². The molecule has 0 unspecified atom stereocenters. The van der Waals surface area contributed by atoms with Gasteiger partial charge in [0, 0.05) is 44.0 Å². The van der Waals surface area contributed by atoms with E-state index in [0.717, 1.165) is 16.8 Å². The first-order valence-corrected chi connectivity index (χ1v) is 16.3. The van der Waals surface area contributed by atoms with Crippen molar-refractivity contribution < 1.29 is 45.9 Å². The Balaban J connectivity index is 1.47. The summed E-state index contributed by atoms with van der Waals surface area (Å²) in [5.41, 5.74) is -3.19. The van der Waals surface area contributed by atoms with E-state index in [1.165, 1.54) is 26.2 Å². The number of nitrogens with zero attached hydrogens (tertiary/aromatic N) is 2. The second-order valence-corrected chi connectivity index (χ2v) is 14.5. The smallest absolute Gasteiger partial charge is 0.344 e. The molecule has 5 aliphatic rings. The molecule has 13 heteroatoms. The number of hydrogen-bond acceptors (Lipinski definition) is 11. The highest BCUT2D eigenvalue weighted by Gasteiger charge is 2.91. The number of carbonyl (C=O) groups excluding carboxylic acids is 3. The third kappa shape index (κ3) is 3.49. The normalized spacial score (nSPS) is 35.3. The van der Waals surface area contributed by atoms with Crippen molar-refractivity contribution in [3.05, 3.63) is 53.6 Å². The predicted molar refractivity (Wildman–Crippen MR) is 158 cm³/mol. The lowest BCUT2D eigenvalue weighted by Gasteiger charge is -2.63. The summed E-state index contributed by atoms with van der Waals surface area (Å²) in [6.07, 6.45) is -0.664. The van der Waals surface area contributed by atoms with Crippen LogP contribution in [0.15, 0.2) is 47.4 Å². The van der Waals surface area contributed by atoms with Crippen LogP contribution < -0.4 is 9.64 Å². The molecule has 1 aliphatic carbocycles. The summed E-state index contributed by atoms with van der Waals surface area (Å²) in [4.78, 5) is 44.9. The molecule has 4 fully saturated rings. The molecule has 0 aromatic heterocycles. The summed E-state index contributed by atoms with van der Waals surface area (Å²) in [5.74, 6) is -1.08. The van der Waals surface area contributed by atoms with Crippen molar-refractivity contribution in [1.29, 1.82) is 0 Å². The molecular formula is C32H36N2O10S. The van der Waals surface area contributed by atoms with Crippen molar-refractivity contribution in [3.63, 3.8) is 0 Å². The first kappa shape index (κ1) is 30.0. The topological polar surface area (TPSA) is 138 Å². The zero-order chi connectivity index (χ0) is 32.3. The van der Waals surface area contributed by atoms with E-state index >= 15 is 0 Å². The molecule has 4 aliphatic heterocycles. The molecule has 240 valence electrons. The highest BCUT2D eigenvalue weighted by molar-refractivity contribution is 7.86. The minimum Gasteiger partial charge on any atom is -0.497 e. The fourth-order valence-corrected chi connectivity index (χ4v) is 10.5. The quantitative estimate of drug-likeness (QED) is 0.311. The molecule has 4 heterocycles. The van der Waals surface area contributed by atoms with Gasteiger partial charge in [-0.15, -0.1) is 0 Å². The highest BCUT2D eigenvalue weighted by Crippen LogP contribution is 2.76. The van der Waals surface area contributed by atoms with E-state index in [0.29, 0.717) is 12.2 Å². The van der Waals surface area contributed by atoms with Crippen molar-refractivity contribution >= 4 is 33.7 Å². The number of carbonyl (C=O) groups is 3. The first-order valence-electron chi connectivity index (χ1n) is 14.9. The summed E-state index contributed by atoms with van der Waals surface area (Å²) in [5, 5.41) is 0. The van der Waals surface area contributed by atoms with Gasteiger partial charge in [0.15, 0.2) is 11.8 Å².